The Morgan fingerprint density at radius 1 is 1.25 bits per heavy atom. The number of halogens is 1. The van der Waals surface area contributed by atoms with Crippen LogP contribution in [0.25, 0.3) is 0 Å². The largest absolute Gasteiger partial charge is 0.447 e. The number of alkyl carbamates (subject to hydrolysis) is 1. The molecule has 2 aliphatic heterocycles. The van der Waals surface area contributed by atoms with Crippen molar-refractivity contribution in [3.05, 3.63) is 35.1 Å². The summed E-state index contributed by atoms with van der Waals surface area (Å²) >= 11 is 3.67. The summed E-state index contributed by atoms with van der Waals surface area (Å²) in [7, 11) is 0. The second-order valence-corrected chi connectivity index (χ2v) is 8.44. The van der Waals surface area contributed by atoms with E-state index in [1.54, 1.807) is 6.07 Å². The predicted octanol–water partition coefficient (Wildman–Crippen LogP) is 3.19. The number of hydrogen-bond donors (Lipinski definition) is 1. The van der Waals surface area contributed by atoms with Gasteiger partial charge in [0.15, 0.2) is 0 Å². The summed E-state index contributed by atoms with van der Waals surface area (Å²) in [5.74, 6) is 1.94. The number of amides is 1. The van der Waals surface area contributed by atoms with Crippen molar-refractivity contribution in [2.45, 2.75) is 22.5 Å². The maximum atomic E-state index is 14.5. The van der Waals surface area contributed by atoms with Gasteiger partial charge in [0, 0.05) is 17.1 Å². The number of cyclic esters (lactones) is 1. The molecule has 0 unspecified atom stereocenters. The Morgan fingerprint density at radius 2 is 2.05 bits per heavy atom. The predicted molar refractivity (Wildman–Crippen MR) is 78.4 cm³/mol. The Morgan fingerprint density at radius 3 is 2.75 bits per heavy atom. The van der Waals surface area contributed by atoms with Crippen LogP contribution in [0.5, 0.6) is 0 Å². The van der Waals surface area contributed by atoms with Crippen LogP contribution < -0.4 is 5.32 Å². The van der Waals surface area contributed by atoms with E-state index < -0.39 is 11.6 Å². The Hall–Kier alpha value is -0.880. The molecule has 3 nitrogen and oxygen atoms in total. The minimum absolute atomic E-state index is 0.162. The van der Waals surface area contributed by atoms with E-state index in [0.29, 0.717) is 6.61 Å². The second kappa shape index (κ2) is 4.31. The highest BCUT2D eigenvalue weighted by atomic mass is 32.2. The van der Waals surface area contributed by atoms with Crippen molar-refractivity contribution >= 4 is 29.6 Å². The number of ether oxygens (including phenoxy) is 1. The molecule has 2 heterocycles. The Balaban J connectivity index is 1.90. The number of hydrogen-bond acceptors (Lipinski definition) is 4. The molecule has 20 heavy (non-hydrogen) atoms. The lowest BCUT2D eigenvalue weighted by Gasteiger charge is -2.42. The van der Waals surface area contributed by atoms with Crippen molar-refractivity contribution in [1.29, 1.82) is 0 Å². The van der Waals surface area contributed by atoms with Crippen molar-refractivity contribution in [3.63, 3.8) is 0 Å². The van der Waals surface area contributed by atoms with E-state index in [0.717, 1.165) is 35.5 Å². The lowest BCUT2D eigenvalue weighted by atomic mass is 9.76. The molecule has 0 bridgehead atoms. The highest BCUT2D eigenvalue weighted by molar-refractivity contribution is 8.20. The molecule has 6 heteroatoms. The lowest BCUT2D eigenvalue weighted by Crippen LogP contribution is -2.46. The molecule has 0 saturated carbocycles. The summed E-state index contributed by atoms with van der Waals surface area (Å²) in [4.78, 5) is 11.5. The Bertz CT molecular complexity index is 589. The molecule has 1 amide bonds. The van der Waals surface area contributed by atoms with Crippen LogP contribution in [-0.4, -0.2) is 24.2 Å². The van der Waals surface area contributed by atoms with Crippen molar-refractivity contribution in [2.75, 3.05) is 18.1 Å². The molecule has 0 radical (unpaired) electrons. The van der Waals surface area contributed by atoms with Crippen LogP contribution in [0.15, 0.2) is 18.2 Å². The van der Waals surface area contributed by atoms with Gasteiger partial charge in [-0.05, 0) is 24.5 Å². The van der Waals surface area contributed by atoms with Crippen molar-refractivity contribution in [2.24, 2.45) is 0 Å². The average Bonchev–Trinajstić information content (AvgIpc) is 3.04. The normalized spacial score (nSPS) is 30.4. The number of carbonyl (C=O) groups excluding carboxylic acids is 1. The van der Waals surface area contributed by atoms with Gasteiger partial charge in [0.05, 0.1) is 4.08 Å². The molecular formula is C14H14FNO2S2. The van der Waals surface area contributed by atoms with Crippen LogP contribution in [0.2, 0.25) is 0 Å². The number of fused-ring (bicyclic) bond motifs is 3. The van der Waals surface area contributed by atoms with Crippen LogP contribution in [0.4, 0.5) is 9.18 Å². The van der Waals surface area contributed by atoms with Gasteiger partial charge in [-0.25, -0.2) is 9.18 Å². The number of carbonyl (C=O) groups is 1. The van der Waals surface area contributed by atoms with Gasteiger partial charge in [-0.3, -0.25) is 0 Å². The molecule has 2 saturated heterocycles. The van der Waals surface area contributed by atoms with Crippen LogP contribution in [0.3, 0.4) is 0 Å². The summed E-state index contributed by atoms with van der Waals surface area (Å²) in [6.07, 6.45) is 1.26. The summed E-state index contributed by atoms with van der Waals surface area (Å²) in [6, 6.07) is 5.19. The maximum absolute atomic E-state index is 14.5. The zero-order valence-electron chi connectivity index (χ0n) is 10.8. The molecule has 0 aromatic heterocycles. The molecule has 1 aromatic carbocycles. The van der Waals surface area contributed by atoms with E-state index in [-0.39, 0.29) is 9.90 Å². The topological polar surface area (TPSA) is 38.3 Å². The molecule has 1 aromatic rings. The van der Waals surface area contributed by atoms with E-state index in [9.17, 15) is 9.18 Å². The quantitative estimate of drug-likeness (QED) is 0.798. The molecule has 106 valence electrons. The third-order valence-corrected chi connectivity index (χ3v) is 7.87. The fourth-order valence-electron chi connectivity index (χ4n) is 3.43. The monoisotopic (exact) mass is 311 g/mol. The number of nitrogens with one attached hydrogen (secondary N) is 1. The summed E-state index contributed by atoms with van der Waals surface area (Å²) < 4.78 is 19.4. The molecule has 2 spiro atoms. The van der Waals surface area contributed by atoms with Crippen LogP contribution >= 0.6 is 23.5 Å². The average molecular weight is 311 g/mol. The second-order valence-electron chi connectivity index (χ2n) is 5.40. The first kappa shape index (κ1) is 12.8. The Labute approximate surface area is 125 Å². The zero-order chi connectivity index (χ0) is 13.8. The number of benzene rings is 1. The third kappa shape index (κ3) is 1.64. The van der Waals surface area contributed by atoms with Crippen molar-refractivity contribution in [3.8, 4) is 0 Å². The van der Waals surface area contributed by atoms with Crippen molar-refractivity contribution < 1.29 is 13.9 Å². The molecule has 4 rings (SSSR count). The van der Waals surface area contributed by atoms with Crippen LogP contribution in [0.1, 0.15) is 24.0 Å². The summed E-state index contributed by atoms with van der Waals surface area (Å²) in [5, 5.41) is 2.91. The standard InChI is InChI=1S/C14H14FNO2S2/c15-10-3-1-2-9-11(10)14(19-6-7-20-14)5-4-13(9)8-18-12(17)16-13/h1-3H,4-8H2,(H,16,17)/t13-/m1/s1. The fraction of sp³-hybridized carbons (Fsp3) is 0.500. The van der Waals surface area contributed by atoms with Gasteiger partial charge in [-0.1, -0.05) is 12.1 Å². The van der Waals surface area contributed by atoms with E-state index in [2.05, 4.69) is 5.32 Å². The molecule has 1 N–H and O–H groups in total. The minimum Gasteiger partial charge on any atom is -0.447 e. The van der Waals surface area contributed by atoms with Gasteiger partial charge in [0.2, 0.25) is 0 Å². The highest BCUT2D eigenvalue weighted by Crippen LogP contribution is 2.61. The van der Waals surface area contributed by atoms with Gasteiger partial charge in [-0.15, -0.1) is 23.5 Å². The fourth-order valence-corrected chi connectivity index (χ4v) is 6.78. The maximum Gasteiger partial charge on any atom is 0.408 e. The lowest BCUT2D eigenvalue weighted by molar-refractivity contribution is 0.169. The highest BCUT2D eigenvalue weighted by Gasteiger charge is 2.53. The first-order chi connectivity index (χ1) is 9.65. The van der Waals surface area contributed by atoms with Gasteiger partial charge >= 0.3 is 6.09 Å². The summed E-state index contributed by atoms with van der Waals surface area (Å²) in [5.41, 5.74) is 1.13. The van der Waals surface area contributed by atoms with Crippen molar-refractivity contribution in [1.82, 2.24) is 5.32 Å². The molecule has 1 atom stereocenters. The molecule has 3 aliphatic rings. The van der Waals surface area contributed by atoms with Gasteiger partial charge in [0.1, 0.15) is 18.0 Å². The minimum atomic E-state index is -0.538. The van der Waals surface area contributed by atoms with E-state index in [1.807, 2.05) is 29.6 Å². The van der Waals surface area contributed by atoms with Gasteiger partial charge in [0.25, 0.3) is 0 Å². The van der Waals surface area contributed by atoms with Gasteiger partial charge in [-0.2, -0.15) is 0 Å². The van der Waals surface area contributed by atoms with E-state index in [4.69, 9.17) is 4.74 Å². The molecule has 1 aliphatic carbocycles. The van der Waals surface area contributed by atoms with Crippen LogP contribution in [0, 0.1) is 5.82 Å². The molecular weight excluding hydrogens is 297 g/mol. The van der Waals surface area contributed by atoms with Crippen LogP contribution in [-0.2, 0) is 14.4 Å². The first-order valence-corrected chi connectivity index (χ1v) is 8.65. The Kier molecular flexibility index (Phi) is 2.76. The summed E-state index contributed by atoms with van der Waals surface area (Å²) in [6.45, 7) is 0.299. The third-order valence-electron chi connectivity index (χ3n) is 4.34. The first-order valence-electron chi connectivity index (χ1n) is 6.68. The SMILES string of the molecule is O=C1N[C@]2(CCC3(SCCS3)c3c(F)cccc32)CO1. The van der Waals surface area contributed by atoms with E-state index in [1.165, 1.54) is 6.07 Å². The smallest absolute Gasteiger partial charge is 0.408 e. The number of rotatable bonds is 0. The molecule has 2 fully saturated rings. The van der Waals surface area contributed by atoms with Gasteiger partial charge < -0.3 is 10.1 Å². The van der Waals surface area contributed by atoms with E-state index >= 15 is 0 Å². The zero-order valence-corrected chi connectivity index (χ0v) is 12.4. The number of thioether (sulfide) groups is 2.